The Bertz CT molecular complexity index is 2680. The molecule has 19 atom stereocenters. The summed E-state index contributed by atoms with van der Waals surface area (Å²) in [5, 5.41) is 12.1. The summed E-state index contributed by atoms with van der Waals surface area (Å²) in [7, 11) is -8.68. The molecule has 2 unspecified atom stereocenters. The Morgan fingerprint density at radius 1 is 0.571 bits per heavy atom. The summed E-state index contributed by atoms with van der Waals surface area (Å²) in [4.78, 5) is 45.7. The van der Waals surface area contributed by atoms with Gasteiger partial charge in [0.1, 0.15) is 18.0 Å². The van der Waals surface area contributed by atoms with Gasteiger partial charge in [-0.1, -0.05) is 167 Å². The van der Waals surface area contributed by atoms with Crippen molar-refractivity contribution in [1.82, 2.24) is 0 Å². The fraction of sp³-hybridized carbons (Fsp3) is 0.866. The molecule has 5 aliphatic rings. The van der Waals surface area contributed by atoms with Gasteiger partial charge in [0.2, 0.25) is 5.79 Å². The van der Waals surface area contributed by atoms with Crippen LogP contribution in [-0.2, 0) is 81.0 Å². The normalized spacial score (nSPS) is 32.7. The minimum atomic E-state index is -2.55. The van der Waals surface area contributed by atoms with Crippen LogP contribution in [0.4, 0.5) is 0 Å². The third-order valence-electron chi connectivity index (χ3n) is 26.6. The van der Waals surface area contributed by atoms with Crippen LogP contribution in [0.25, 0.3) is 0 Å². The molecule has 4 saturated heterocycles. The number of methoxy groups -OCH3 is 2. The molecule has 0 aliphatic carbocycles. The van der Waals surface area contributed by atoms with Gasteiger partial charge in [-0.3, -0.25) is 14.4 Å². The molecule has 1 N–H and O–H groups in total. The van der Waals surface area contributed by atoms with Crippen molar-refractivity contribution in [1.29, 1.82) is 0 Å². The van der Waals surface area contributed by atoms with Crippen LogP contribution in [0.2, 0.25) is 90.7 Å². The molecule has 1 aromatic rings. The first-order valence-electron chi connectivity index (χ1n) is 42.2. The lowest BCUT2D eigenvalue weighted by Gasteiger charge is -2.53. The fourth-order valence-electron chi connectivity index (χ4n) is 17.8. The van der Waals surface area contributed by atoms with E-state index in [1.54, 1.807) is 14.2 Å². The lowest BCUT2D eigenvalue weighted by Crippen LogP contribution is -2.65. The van der Waals surface area contributed by atoms with Crippen molar-refractivity contribution in [2.45, 2.75) is 415 Å². The van der Waals surface area contributed by atoms with E-state index in [1.165, 1.54) is 0 Å². The molecule has 1 spiro atoms. The van der Waals surface area contributed by atoms with Crippen LogP contribution in [-0.4, -0.2) is 181 Å². The highest BCUT2D eigenvalue weighted by molar-refractivity contribution is 6.75. The number of cyclic esters (lactones) is 1. The average Bonchev–Trinajstić information content (AvgIpc) is 0.749. The maximum absolute atomic E-state index is 15.5. The van der Waals surface area contributed by atoms with Crippen LogP contribution in [0.5, 0.6) is 0 Å². The van der Waals surface area contributed by atoms with E-state index in [9.17, 15) is 5.11 Å². The van der Waals surface area contributed by atoms with Gasteiger partial charge in [-0.15, -0.1) is 11.6 Å². The first-order chi connectivity index (χ1) is 50.1. The average molecular weight is 1580 g/mol. The number of halogens is 1. The van der Waals surface area contributed by atoms with Crippen LogP contribution in [0.1, 0.15) is 227 Å². The van der Waals surface area contributed by atoms with Gasteiger partial charge >= 0.3 is 5.97 Å². The highest BCUT2D eigenvalue weighted by Crippen LogP contribution is 2.47. The van der Waals surface area contributed by atoms with E-state index >= 15 is 14.4 Å². The maximum Gasteiger partial charge on any atom is 0.308 e. The molecule has 105 heavy (non-hydrogen) atoms. The van der Waals surface area contributed by atoms with Gasteiger partial charge in [0, 0.05) is 77.0 Å². The lowest BCUT2D eigenvalue weighted by atomic mass is 9.82. The molecular formula is C82H149ClO17Si5. The van der Waals surface area contributed by atoms with Crippen molar-refractivity contribution >= 4 is 70.7 Å². The molecule has 1 aromatic carbocycles. The van der Waals surface area contributed by atoms with Crippen molar-refractivity contribution in [3.63, 3.8) is 0 Å². The number of ether oxygens (including phenoxy) is 8. The Kier molecular flexibility index (Phi) is 38.5. The van der Waals surface area contributed by atoms with Crippen molar-refractivity contribution in [2.75, 3.05) is 20.8 Å². The first kappa shape index (κ1) is 92.5. The zero-order valence-electron chi connectivity index (χ0n) is 69.3. The molecule has 606 valence electrons. The van der Waals surface area contributed by atoms with E-state index in [2.05, 4.69) is 124 Å². The summed E-state index contributed by atoms with van der Waals surface area (Å²) in [6.45, 7) is 40.7. The molecule has 23 heteroatoms. The number of benzene rings is 1. The molecule has 17 nitrogen and oxygen atoms in total. The summed E-state index contributed by atoms with van der Waals surface area (Å²) in [6.07, 6.45) is 3.07. The van der Waals surface area contributed by atoms with Gasteiger partial charge in [-0.05, 0) is 160 Å². The van der Waals surface area contributed by atoms with Gasteiger partial charge < -0.3 is 65.1 Å². The first-order valence-corrected chi connectivity index (χ1v) is 55.3. The van der Waals surface area contributed by atoms with Gasteiger partial charge in [0.05, 0.1) is 73.3 Å². The number of carbonyl (C=O) groups excluding carboxylic acids is 3. The number of hydrogen-bond acceptors (Lipinski definition) is 17. The number of Topliss-reactive ketones (excluding diaryl/α,β-unsaturated/α-hetero) is 2. The maximum atomic E-state index is 15.5. The number of fused-ring (bicyclic) bond motifs is 6. The van der Waals surface area contributed by atoms with E-state index in [-0.39, 0.29) is 80.2 Å². The molecule has 5 heterocycles. The van der Waals surface area contributed by atoms with Crippen LogP contribution >= 0.6 is 11.6 Å². The molecule has 0 radical (unpaired) electrons. The van der Waals surface area contributed by atoms with Crippen LogP contribution in [0.3, 0.4) is 0 Å². The second-order valence-electron chi connectivity index (χ2n) is 32.3. The van der Waals surface area contributed by atoms with E-state index in [1.807, 2.05) is 43.3 Å². The summed E-state index contributed by atoms with van der Waals surface area (Å²) in [5.74, 6) is -5.00. The van der Waals surface area contributed by atoms with Crippen LogP contribution in [0, 0.1) is 17.8 Å². The minimum Gasteiger partial charge on any atom is -0.459 e. The van der Waals surface area contributed by atoms with Crippen molar-refractivity contribution in [3.8, 4) is 0 Å². The second kappa shape index (κ2) is 43.8. The predicted molar refractivity (Wildman–Crippen MR) is 434 cm³/mol. The summed E-state index contributed by atoms with van der Waals surface area (Å²) in [6, 6.07) is 23.7. The number of rotatable bonds is 33. The highest BCUT2D eigenvalue weighted by Gasteiger charge is 2.58. The predicted octanol–water partition coefficient (Wildman–Crippen LogP) is 19.5. The van der Waals surface area contributed by atoms with E-state index < -0.39 is 131 Å². The number of hydrogen-bond donors (Lipinski definition) is 1. The van der Waals surface area contributed by atoms with Crippen LogP contribution < -0.4 is 0 Å². The zero-order chi connectivity index (χ0) is 77.4. The minimum absolute atomic E-state index is 0.0165. The van der Waals surface area contributed by atoms with E-state index in [0.29, 0.717) is 58.2 Å². The number of alkyl halides is 1. The molecule has 7 bridgehead atoms. The van der Waals surface area contributed by atoms with Gasteiger partial charge in [0.15, 0.2) is 53.2 Å². The third-order valence-corrected chi connectivity index (χ3v) is 50.5. The molecule has 0 saturated carbocycles. The summed E-state index contributed by atoms with van der Waals surface area (Å²) >= 11 is 7.44. The van der Waals surface area contributed by atoms with Gasteiger partial charge in [-0.25, -0.2) is 0 Å². The molecule has 4 fully saturated rings. The zero-order valence-corrected chi connectivity index (χ0v) is 75.1. The van der Waals surface area contributed by atoms with Gasteiger partial charge in [0.25, 0.3) is 0 Å². The van der Waals surface area contributed by atoms with Crippen LogP contribution in [0.15, 0.2) is 42.5 Å². The standard InChI is InChI=1S/C82H149ClO17Si5/c1-21-101(22-2,23-3)96-66-53-64-42-39-43-65(91-64)56-76(86)92-73(69(98-103(27-7,28-8)29-9)48-51-90-59-63-40-37-36-38-41-63)57-68(84)60(16)46-49-81(87)58-74(89-20)77(83)70(93-81)45-44-61(17)78(99-104(30-10,31-11)32-12)80(100-105(33-13,34-14)35-15)79-71(88-19)47-50-82(95-79)75(85)52-62(18)72(94-82)55-67(54-66)97-102(24-4,25-5)26-6/h36-38,40-41,44-45,60-62,64-67,69-74,77-80,87H,21-35,39,42-43,46-59H2,1-20H3/t60-,61+,62+,64-,65+,66-,67+,69-,70+,71+,72-,73-,74+,77+,78+,79+,80?,81?,82-/m0/s1. The molecule has 6 rings (SSSR count). The molecule has 5 aliphatic heterocycles. The van der Waals surface area contributed by atoms with Crippen molar-refractivity contribution in [2.24, 2.45) is 17.8 Å². The largest absolute Gasteiger partial charge is 0.459 e. The molecule has 0 aromatic heterocycles. The smallest absolute Gasteiger partial charge is 0.308 e. The SMILES string of the molecule is CC[Si](CC)(CC)OC1[C@H](O[Si](CC)(CC)CC)[C@H](C)C=C[C@H]2OC(O)(CC[C@H](C)C(=O)C[C@@H]([C@H](CCOCc3ccccc3)O[Si](CC)(CC)CC)OC(=O)C[C@H]3CCC[C@@H](C[C@H](O[Si](CC)(CC)CC)C[C@@H](O[Si](CC)(CC)CC)C[C@@H]4O[C@]5(CC[C@@H](OC)[C@H]1O5)C(=O)C[C@H]4C)O3)C[C@@H](OC)[C@@H]2Cl. The Labute approximate surface area is 647 Å². The number of aliphatic hydroxyl groups is 1. The summed E-state index contributed by atoms with van der Waals surface area (Å²) < 4.78 is 93.9. The highest BCUT2D eigenvalue weighted by atomic mass is 35.5. The Morgan fingerprint density at radius 2 is 1.10 bits per heavy atom. The van der Waals surface area contributed by atoms with Crippen molar-refractivity contribution in [3.05, 3.63) is 48.0 Å². The number of esters is 1. The Balaban J connectivity index is 1.55. The van der Waals surface area contributed by atoms with Gasteiger partial charge in [-0.2, -0.15) is 0 Å². The summed E-state index contributed by atoms with van der Waals surface area (Å²) in [5.41, 5.74) is 1.05. The van der Waals surface area contributed by atoms with Crippen molar-refractivity contribution < 1.29 is 79.5 Å². The molecule has 0 amide bonds. The lowest BCUT2D eigenvalue weighted by molar-refractivity contribution is -0.327. The topological polar surface area (TPSA) is 191 Å². The Hall–Kier alpha value is -1.38. The number of carbonyl (C=O) groups is 3. The van der Waals surface area contributed by atoms with E-state index in [0.717, 1.165) is 109 Å². The quantitative estimate of drug-likeness (QED) is 0.0229. The van der Waals surface area contributed by atoms with E-state index in [4.69, 9.17) is 71.6 Å². The monoisotopic (exact) mass is 1580 g/mol. The fourth-order valence-corrected chi connectivity index (χ4v) is 32.6. The number of ketones is 2. The second-order valence-corrected chi connectivity index (χ2v) is 56.4. The third kappa shape index (κ3) is 24.8. The Morgan fingerprint density at radius 3 is 1.66 bits per heavy atom. The molecular weight excluding hydrogens is 1430 g/mol.